The fourth-order valence-electron chi connectivity index (χ4n) is 1.80. The van der Waals surface area contributed by atoms with Crippen molar-refractivity contribution in [3.05, 3.63) is 12.7 Å². The Morgan fingerprint density at radius 1 is 1.07 bits per heavy atom. The van der Waals surface area contributed by atoms with Gasteiger partial charge in [0.1, 0.15) is 24.5 Å². The number of aliphatic hydroxyl groups excluding tert-OH is 5. The van der Waals surface area contributed by atoms with Crippen molar-refractivity contribution in [1.82, 2.24) is 4.90 Å². The molecule has 0 amide bonds. The zero-order valence-corrected chi connectivity index (χ0v) is 8.27. The van der Waals surface area contributed by atoms with Crippen molar-refractivity contribution >= 4 is 0 Å². The first-order chi connectivity index (χ1) is 7.04. The summed E-state index contributed by atoms with van der Waals surface area (Å²) < 4.78 is 0. The van der Waals surface area contributed by atoms with E-state index in [0.717, 1.165) is 0 Å². The monoisotopic (exact) mass is 219 g/mol. The smallest absolute Gasteiger partial charge is 0.136 e. The average molecular weight is 219 g/mol. The van der Waals surface area contributed by atoms with E-state index in [1.807, 2.05) is 0 Å². The number of hydrogen-bond acceptors (Lipinski definition) is 6. The lowest BCUT2D eigenvalue weighted by Crippen LogP contribution is -2.67. The van der Waals surface area contributed by atoms with E-state index in [-0.39, 0.29) is 6.54 Å². The highest BCUT2D eigenvalue weighted by Gasteiger charge is 2.46. The molecule has 0 bridgehead atoms. The first-order valence-electron chi connectivity index (χ1n) is 4.74. The number of piperidine rings is 1. The van der Waals surface area contributed by atoms with Crippen LogP contribution in [0.5, 0.6) is 0 Å². The minimum absolute atomic E-state index is 0.202. The van der Waals surface area contributed by atoms with Gasteiger partial charge in [-0.25, -0.2) is 0 Å². The zero-order valence-electron chi connectivity index (χ0n) is 8.27. The highest BCUT2D eigenvalue weighted by Crippen LogP contribution is 2.22. The van der Waals surface area contributed by atoms with Gasteiger partial charge in [-0.15, -0.1) is 6.58 Å². The van der Waals surface area contributed by atoms with E-state index in [2.05, 4.69) is 6.58 Å². The Hall–Kier alpha value is -0.500. The van der Waals surface area contributed by atoms with Crippen LogP contribution in [0.4, 0.5) is 0 Å². The predicted octanol–water partition coefficient (Wildman–Crippen LogP) is -2.75. The fourth-order valence-corrected chi connectivity index (χ4v) is 1.80. The molecule has 88 valence electrons. The van der Waals surface area contributed by atoms with E-state index in [9.17, 15) is 20.4 Å². The van der Waals surface area contributed by atoms with Gasteiger partial charge in [0, 0.05) is 6.54 Å². The van der Waals surface area contributed by atoms with Crippen molar-refractivity contribution in [3.63, 3.8) is 0 Å². The van der Waals surface area contributed by atoms with Gasteiger partial charge in [0.15, 0.2) is 0 Å². The molecular weight excluding hydrogens is 202 g/mol. The SMILES string of the molecule is C=CCN1C(O)[C@H](O)[C@@H](O)[C@@H](O)[C@H]1CO. The van der Waals surface area contributed by atoms with Crippen LogP contribution < -0.4 is 0 Å². The molecule has 1 heterocycles. The van der Waals surface area contributed by atoms with Crippen molar-refractivity contribution in [3.8, 4) is 0 Å². The zero-order chi connectivity index (χ0) is 11.6. The van der Waals surface area contributed by atoms with E-state index in [1.165, 1.54) is 11.0 Å². The second-order valence-corrected chi connectivity index (χ2v) is 3.62. The number of likely N-dealkylation sites (tertiary alicyclic amines) is 1. The summed E-state index contributed by atoms with van der Waals surface area (Å²) in [5.41, 5.74) is 0. The Bertz CT molecular complexity index is 225. The van der Waals surface area contributed by atoms with Gasteiger partial charge in [-0.05, 0) is 0 Å². The molecule has 0 radical (unpaired) electrons. The number of rotatable bonds is 3. The van der Waals surface area contributed by atoms with Crippen LogP contribution in [0, 0.1) is 0 Å². The van der Waals surface area contributed by atoms with Crippen molar-refractivity contribution in [2.45, 2.75) is 30.6 Å². The average Bonchev–Trinajstić information content (AvgIpc) is 2.24. The van der Waals surface area contributed by atoms with Crippen LogP contribution in [0.3, 0.4) is 0 Å². The molecule has 1 fully saturated rings. The van der Waals surface area contributed by atoms with Crippen molar-refractivity contribution in [1.29, 1.82) is 0 Å². The third-order valence-corrected chi connectivity index (χ3v) is 2.69. The maximum absolute atomic E-state index is 9.60. The molecule has 1 unspecified atom stereocenters. The van der Waals surface area contributed by atoms with Crippen LogP contribution in [0.15, 0.2) is 12.7 Å². The number of hydrogen-bond donors (Lipinski definition) is 5. The molecule has 0 saturated carbocycles. The summed E-state index contributed by atoms with van der Waals surface area (Å²) in [6.07, 6.45) is -4.06. The minimum Gasteiger partial charge on any atom is -0.395 e. The van der Waals surface area contributed by atoms with Crippen LogP contribution in [0.1, 0.15) is 0 Å². The standard InChI is InChI=1S/C9H17NO5/c1-2-3-10-5(4-11)6(12)7(13)8(14)9(10)15/h2,5-9,11-15H,1,3-4H2/t5-,6+,7+,8-,9?/m1/s1. The molecule has 0 spiro atoms. The molecule has 1 rings (SSSR count). The van der Waals surface area contributed by atoms with Gasteiger partial charge < -0.3 is 25.5 Å². The molecule has 1 aliphatic heterocycles. The lowest BCUT2D eigenvalue weighted by atomic mass is 9.93. The third kappa shape index (κ3) is 2.20. The molecule has 0 aromatic rings. The molecule has 1 saturated heterocycles. The minimum atomic E-state index is -1.46. The van der Waals surface area contributed by atoms with E-state index in [4.69, 9.17) is 5.11 Å². The van der Waals surface area contributed by atoms with Gasteiger partial charge in [-0.1, -0.05) is 6.08 Å². The lowest BCUT2D eigenvalue weighted by Gasteiger charge is -2.45. The number of aliphatic hydroxyl groups is 5. The Labute approximate surface area is 87.7 Å². The quantitative estimate of drug-likeness (QED) is 0.330. The summed E-state index contributed by atoms with van der Waals surface area (Å²) in [4.78, 5) is 1.29. The molecule has 1 aliphatic rings. The molecule has 6 nitrogen and oxygen atoms in total. The summed E-state index contributed by atoms with van der Waals surface area (Å²) in [6, 6.07) is -0.809. The van der Waals surface area contributed by atoms with E-state index < -0.39 is 37.2 Å². The van der Waals surface area contributed by atoms with Gasteiger partial charge in [0.2, 0.25) is 0 Å². The fraction of sp³-hybridized carbons (Fsp3) is 0.778. The third-order valence-electron chi connectivity index (χ3n) is 2.69. The Kier molecular flexibility index (Phi) is 4.21. The van der Waals surface area contributed by atoms with Crippen molar-refractivity contribution in [2.75, 3.05) is 13.2 Å². The summed E-state index contributed by atoms with van der Waals surface area (Å²) in [7, 11) is 0. The molecule has 6 heteroatoms. The van der Waals surface area contributed by atoms with E-state index in [1.54, 1.807) is 0 Å². The second kappa shape index (κ2) is 5.02. The molecular formula is C9H17NO5. The van der Waals surface area contributed by atoms with Crippen molar-refractivity contribution < 1.29 is 25.5 Å². The lowest BCUT2D eigenvalue weighted by molar-refractivity contribution is -0.219. The molecule has 5 N–H and O–H groups in total. The first kappa shape index (κ1) is 12.6. The summed E-state index contributed by atoms with van der Waals surface area (Å²) >= 11 is 0. The highest BCUT2D eigenvalue weighted by molar-refractivity contribution is 4.98. The maximum Gasteiger partial charge on any atom is 0.136 e. The van der Waals surface area contributed by atoms with Gasteiger partial charge in [0.25, 0.3) is 0 Å². The van der Waals surface area contributed by atoms with Gasteiger partial charge in [0.05, 0.1) is 12.6 Å². The molecule has 5 atom stereocenters. The van der Waals surface area contributed by atoms with Crippen LogP contribution in [-0.4, -0.2) is 74.2 Å². The molecule has 0 aliphatic carbocycles. The Morgan fingerprint density at radius 3 is 2.13 bits per heavy atom. The number of nitrogens with zero attached hydrogens (tertiary/aromatic N) is 1. The Balaban J connectivity index is 2.86. The van der Waals surface area contributed by atoms with Crippen LogP contribution in [0.25, 0.3) is 0 Å². The predicted molar refractivity (Wildman–Crippen MR) is 51.8 cm³/mol. The molecule has 0 aromatic carbocycles. The van der Waals surface area contributed by atoms with Crippen LogP contribution in [0.2, 0.25) is 0 Å². The normalized spacial score (nSPS) is 42.9. The topological polar surface area (TPSA) is 104 Å². The van der Waals surface area contributed by atoms with Crippen molar-refractivity contribution in [2.24, 2.45) is 0 Å². The van der Waals surface area contributed by atoms with E-state index in [0.29, 0.717) is 0 Å². The van der Waals surface area contributed by atoms with Gasteiger partial charge in [-0.2, -0.15) is 0 Å². The maximum atomic E-state index is 9.60. The summed E-state index contributed by atoms with van der Waals surface area (Å²) in [5, 5.41) is 47.0. The molecule has 15 heavy (non-hydrogen) atoms. The van der Waals surface area contributed by atoms with Gasteiger partial charge >= 0.3 is 0 Å². The summed E-state index contributed by atoms with van der Waals surface area (Å²) in [5.74, 6) is 0. The summed E-state index contributed by atoms with van der Waals surface area (Å²) in [6.45, 7) is 3.25. The Morgan fingerprint density at radius 2 is 1.67 bits per heavy atom. The highest BCUT2D eigenvalue weighted by atomic mass is 16.4. The van der Waals surface area contributed by atoms with Crippen LogP contribution >= 0.6 is 0 Å². The molecule has 0 aromatic heterocycles. The van der Waals surface area contributed by atoms with Gasteiger partial charge in [-0.3, -0.25) is 4.90 Å². The second-order valence-electron chi connectivity index (χ2n) is 3.62. The van der Waals surface area contributed by atoms with Crippen LogP contribution in [-0.2, 0) is 0 Å². The largest absolute Gasteiger partial charge is 0.395 e. The first-order valence-corrected chi connectivity index (χ1v) is 4.74. The van der Waals surface area contributed by atoms with E-state index >= 15 is 0 Å².